The average Bonchev–Trinajstić information content (AvgIpc) is 3.26. The Labute approximate surface area is 146 Å². The van der Waals surface area contributed by atoms with Crippen molar-refractivity contribution in [2.45, 2.75) is 48.6 Å². The Morgan fingerprint density at radius 1 is 1.46 bits per heavy atom. The normalized spacial score (nSPS) is 20.1. The Kier molecular flexibility index (Phi) is 5.58. The highest BCUT2D eigenvalue weighted by Crippen LogP contribution is 2.30. The van der Waals surface area contributed by atoms with Crippen LogP contribution in [0.4, 0.5) is 0 Å². The van der Waals surface area contributed by atoms with Gasteiger partial charge in [0.25, 0.3) is 0 Å². The molecule has 3 heterocycles. The van der Waals surface area contributed by atoms with Crippen LogP contribution in [0.15, 0.2) is 52.2 Å². The van der Waals surface area contributed by atoms with Crippen molar-refractivity contribution < 1.29 is 14.3 Å². The van der Waals surface area contributed by atoms with Gasteiger partial charge in [0.2, 0.25) is 5.91 Å². The van der Waals surface area contributed by atoms with Crippen LogP contribution in [0.25, 0.3) is 0 Å². The lowest BCUT2D eigenvalue weighted by molar-refractivity contribution is -0.131. The number of aliphatic hydroxyl groups excluding tert-OH is 1. The number of furan rings is 1. The molecule has 0 aromatic carbocycles. The standard InChI is InChI=1S/C18H22N2O3S/c1-13(24-17-8-2-3-9-19-17)18(22)20-10-4-6-14(20)12-15(21)16-7-5-11-23-16/h2-3,5,7-9,11,13-15,21H,4,6,10,12H2,1H3. The second-order valence-electron chi connectivity index (χ2n) is 6.02. The third-order valence-electron chi connectivity index (χ3n) is 4.31. The van der Waals surface area contributed by atoms with Crippen LogP contribution in [-0.2, 0) is 4.79 Å². The van der Waals surface area contributed by atoms with E-state index >= 15 is 0 Å². The lowest BCUT2D eigenvalue weighted by atomic mass is 10.0. The van der Waals surface area contributed by atoms with E-state index in [0.717, 1.165) is 24.4 Å². The Balaban J connectivity index is 1.60. The van der Waals surface area contributed by atoms with Gasteiger partial charge < -0.3 is 14.4 Å². The van der Waals surface area contributed by atoms with Crippen molar-refractivity contribution in [3.63, 3.8) is 0 Å². The fourth-order valence-electron chi connectivity index (χ4n) is 3.11. The van der Waals surface area contributed by atoms with Gasteiger partial charge in [-0.15, -0.1) is 0 Å². The van der Waals surface area contributed by atoms with Gasteiger partial charge in [0.1, 0.15) is 11.9 Å². The third kappa shape index (κ3) is 3.99. The molecule has 0 radical (unpaired) electrons. The summed E-state index contributed by atoms with van der Waals surface area (Å²) in [5.41, 5.74) is 0. The maximum Gasteiger partial charge on any atom is 0.236 e. The van der Waals surface area contributed by atoms with Crippen LogP contribution in [0.5, 0.6) is 0 Å². The van der Waals surface area contributed by atoms with E-state index in [2.05, 4.69) is 4.98 Å². The first kappa shape index (κ1) is 17.0. The van der Waals surface area contributed by atoms with Gasteiger partial charge >= 0.3 is 0 Å². The van der Waals surface area contributed by atoms with Crippen LogP contribution in [-0.4, -0.2) is 38.7 Å². The molecule has 1 aliphatic heterocycles. The Bertz CT molecular complexity index is 648. The number of aliphatic hydroxyl groups is 1. The Hall–Kier alpha value is -1.79. The number of carbonyl (C=O) groups is 1. The van der Waals surface area contributed by atoms with Crippen molar-refractivity contribution in [2.75, 3.05) is 6.54 Å². The molecule has 1 amide bonds. The molecule has 1 aliphatic rings. The maximum atomic E-state index is 12.8. The summed E-state index contributed by atoms with van der Waals surface area (Å²) in [7, 11) is 0. The molecule has 1 saturated heterocycles. The second kappa shape index (κ2) is 7.85. The molecule has 0 aliphatic carbocycles. The van der Waals surface area contributed by atoms with Crippen molar-refractivity contribution in [2.24, 2.45) is 0 Å². The van der Waals surface area contributed by atoms with E-state index in [1.54, 1.807) is 24.6 Å². The molecule has 1 fully saturated rings. The molecular weight excluding hydrogens is 324 g/mol. The number of likely N-dealkylation sites (tertiary alicyclic amines) is 1. The quantitative estimate of drug-likeness (QED) is 0.813. The van der Waals surface area contributed by atoms with E-state index in [0.29, 0.717) is 12.2 Å². The van der Waals surface area contributed by atoms with E-state index in [4.69, 9.17) is 4.42 Å². The van der Waals surface area contributed by atoms with Crippen LogP contribution in [0.2, 0.25) is 0 Å². The van der Waals surface area contributed by atoms with Crippen LogP contribution < -0.4 is 0 Å². The highest BCUT2D eigenvalue weighted by atomic mass is 32.2. The Morgan fingerprint density at radius 2 is 2.33 bits per heavy atom. The monoisotopic (exact) mass is 346 g/mol. The lowest BCUT2D eigenvalue weighted by Crippen LogP contribution is -2.40. The third-order valence-corrected chi connectivity index (χ3v) is 5.35. The first-order valence-electron chi connectivity index (χ1n) is 8.25. The summed E-state index contributed by atoms with van der Waals surface area (Å²) in [5, 5.41) is 11.0. The molecule has 2 aromatic rings. The van der Waals surface area contributed by atoms with Crippen molar-refractivity contribution in [1.82, 2.24) is 9.88 Å². The van der Waals surface area contributed by atoms with E-state index < -0.39 is 6.10 Å². The predicted molar refractivity (Wildman–Crippen MR) is 92.6 cm³/mol. The number of hydrogen-bond donors (Lipinski definition) is 1. The summed E-state index contributed by atoms with van der Waals surface area (Å²) in [6.07, 6.45) is 5.03. The summed E-state index contributed by atoms with van der Waals surface area (Å²) in [6.45, 7) is 2.67. The zero-order chi connectivity index (χ0) is 16.9. The average molecular weight is 346 g/mol. The number of pyridine rings is 1. The van der Waals surface area contributed by atoms with Crippen molar-refractivity contribution >= 4 is 17.7 Å². The molecule has 0 bridgehead atoms. The molecule has 3 atom stereocenters. The van der Waals surface area contributed by atoms with Crippen LogP contribution in [0.1, 0.15) is 38.1 Å². The summed E-state index contributed by atoms with van der Waals surface area (Å²) >= 11 is 1.47. The second-order valence-corrected chi connectivity index (χ2v) is 7.38. The topological polar surface area (TPSA) is 66.6 Å². The number of rotatable bonds is 6. The number of nitrogens with zero attached hydrogens (tertiary/aromatic N) is 2. The van der Waals surface area contributed by atoms with Gasteiger partial charge in [-0.2, -0.15) is 0 Å². The van der Waals surface area contributed by atoms with E-state index in [9.17, 15) is 9.90 Å². The minimum atomic E-state index is -0.669. The van der Waals surface area contributed by atoms with Gasteiger partial charge in [-0.1, -0.05) is 17.8 Å². The van der Waals surface area contributed by atoms with Gasteiger partial charge in [-0.05, 0) is 44.0 Å². The smallest absolute Gasteiger partial charge is 0.236 e. The van der Waals surface area contributed by atoms with Gasteiger partial charge in [0.15, 0.2) is 0 Å². The number of thioether (sulfide) groups is 1. The number of carbonyl (C=O) groups excluding carboxylic acids is 1. The molecule has 3 rings (SSSR count). The number of aromatic nitrogens is 1. The summed E-state index contributed by atoms with van der Waals surface area (Å²) in [6, 6.07) is 9.29. The van der Waals surface area contributed by atoms with Gasteiger partial charge in [-0.3, -0.25) is 4.79 Å². The maximum absolute atomic E-state index is 12.8. The molecule has 0 saturated carbocycles. The lowest BCUT2D eigenvalue weighted by Gasteiger charge is -2.28. The largest absolute Gasteiger partial charge is 0.467 e. The van der Waals surface area contributed by atoms with Gasteiger partial charge in [-0.25, -0.2) is 4.98 Å². The van der Waals surface area contributed by atoms with E-state index in [1.165, 1.54) is 11.8 Å². The van der Waals surface area contributed by atoms with Crippen LogP contribution >= 0.6 is 11.8 Å². The highest BCUT2D eigenvalue weighted by Gasteiger charge is 2.33. The molecule has 5 nitrogen and oxygen atoms in total. The van der Waals surface area contributed by atoms with Crippen LogP contribution in [0.3, 0.4) is 0 Å². The number of hydrogen-bond acceptors (Lipinski definition) is 5. The van der Waals surface area contributed by atoms with Crippen LogP contribution in [0, 0.1) is 0 Å². The van der Waals surface area contributed by atoms with Gasteiger partial charge in [0.05, 0.1) is 16.5 Å². The fourth-order valence-corrected chi connectivity index (χ4v) is 3.98. The van der Waals surface area contributed by atoms with Gasteiger partial charge in [0, 0.05) is 25.2 Å². The highest BCUT2D eigenvalue weighted by molar-refractivity contribution is 8.00. The van der Waals surface area contributed by atoms with Crippen molar-refractivity contribution in [3.8, 4) is 0 Å². The molecule has 0 spiro atoms. The van der Waals surface area contributed by atoms with E-state index in [-0.39, 0.29) is 17.2 Å². The molecule has 3 unspecified atom stereocenters. The van der Waals surface area contributed by atoms with E-state index in [1.807, 2.05) is 30.0 Å². The summed E-state index contributed by atoms with van der Waals surface area (Å²) < 4.78 is 5.26. The fraction of sp³-hybridized carbons (Fsp3) is 0.444. The molecule has 2 aromatic heterocycles. The molecular formula is C18H22N2O3S. The molecule has 6 heteroatoms. The zero-order valence-corrected chi connectivity index (χ0v) is 14.5. The minimum Gasteiger partial charge on any atom is -0.467 e. The number of amides is 1. The SMILES string of the molecule is CC(Sc1ccccn1)C(=O)N1CCCC1CC(O)c1ccco1. The van der Waals surface area contributed by atoms with Crippen molar-refractivity contribution in [1.29, 1.82) is 0 Å². The Morgan fingerprint density at radius 3 is 3.04 bits per heavy atom. The van der Waals surface area contributed by atoms with Crippen molar-refractivity contribution in [3.05, 3.63) is 48.6 Å². The molecule has 1 N–H and O–H groups in total. The molecule has 128 valence electrons. The first-order chi connectivity index (χ1) is 11.6. The summed E-state index contributed by atoms with van der Waals surface area (Å²) in [4.78, 5) is 19.0. The minimum absolute atomic E-state index is 0.0596. The summed E-state index contributed by atoms with van der Waals surface area (Å²) in [5.74, 6) is 0.671. The first-order valence-corrected chi connectivity index (χ1v) is 9.12. The zero-order valence-electron chi connectivity index (χ0n) is 13.7. The predicted octanol–water partition coefficient (Wildman–Crippen LogP) is 3.27. The molecule has 24 heavy (non-hydrogen) atoms.